The van der Waals surface area contributed by atoms with Crippen LogP contribution < -0.4 is 10.3 Å². The fourth-order valence-corrected chi connectivity index (χ4v) is 5.76. The molecule has 1 atom stereocenters. The normalized spacial score (nSPS) is 17.5. The van der Waals surface area contributed by atoms with Crippen LogP contribution in [-0.2, 0) is 16.9 Å². The molecule has 0 bridgehead atoms. The first-order valence-electron chi connectivity index (χ1n) is 9.77. The van der Waals surface area contributed by atoms with Crippen molar-refractivity contribution in [2.75, 3.05) is 18.0 Å². The van der Waals surface area contributed by atoms with Crippen LogP contribution in [0.3, 0.4) is 0 Å². The number of hydrogen-bond acceptors (Lipinski definition) is 4. The molecule has 1 aliphatic rings. The summed E-state index contributed by atoms with van der Waals surface area (Å²) in [6.07, 6.45) is 3.38. The minimum atomic E-state index is -4.11. The fourth-order valence-electron chi connectivity index (χ4n) is 4.06. The Bertz CT molecular complexity index is 1300. The lowest BCUT2D eigenvalue weighted by atomic mass is 9.99. The number of hydrogen-bond donors (Lipinski definition) is 0. The number of halogens is 2. The van der Waals surface area contributed by atoms with E-state index in [1.54, 1.807) is 23.7 Å². The summed E-state index contributed by atoms with van der Waals surface area (Å²) in [7, 11) is -2.46. The molecule has 30 heavy (non-hydrogen) atoms. The number of benzene rings is 2. The van der Waals surface area contributed by atoms with Crippen molar-refractivity contribution in [2.45, 2.75) is 29.6 Å². The Morgan fingerprint density at radius 1 is 1.20 bits per heavy atom. The van der Waals surface area contributed by atoms with Crippen molar-refractivity contribution in [1.29, 1.82) is 0 Å². The van der Waals surface area contributed by atoms with Gasteiger partial charge in [-0.3, -0.25) is 4.79 Å². The molecule has 4 rings (SSSR count). The SMILES string of the molecule is C[C@@H]1CCCN(c2cc3c(cc2F)c(=O)c(S(=O)(=O)c2cccc(Cl)c2)cn3C)C1. The number of pyridine rings is 1. The first kappa shape index (κ1) is 20.9. The van der Waals surface area contributed by atoms with Gasteiger partial charge in [-0.2, -0.15) is 0 Å². The zero-order valence-corrected chi connectivity index (χ0v) is 18.3. The number of sulfone groups is 1. The second-order valence-corrected chi connectivity index (χ2v) is 10.3. The Morgan fingerprint density at radius 2 is 1.97 bits per heavy atom. The number of rotatable bonds is 3. The zero-order chi connectivity index (χ0) is 21.6. The second-order valence-electron chi connectivity index (χ2n) is 7.91. The molecule has 1 saturated heterocycles. The van der Waals surface area contributed by atoms with E-state index in [1.165, 1.54) is 24.4 Å². The average molecular weight is 449 g/mol. The highest BCUT2D eigenvalue weighted by atomic mass is 35.5. The van der Waals surface area contributed by atoms with Gasteiger partial charge in [-0.1, -0.05) is 24.6 Å². The van der Waals surface area contributed by atoms with Crippen molar-refractivity contribution < 1.29 is 12.8 Å². The minimum absolute atomic E-state index is 0.0342. The molecule has 1 fully saturated rings. The molecule has 1 aliphatic heterocycles. The molecule has 5 nitrogen and oxygen atoms in total. The second kappa shape index (κ2) is 7.71. The summed E-state index contributed by atoms with van der Waals surface area (Å²) >= 11 is 5.92. The Balaban J connectivity index is 1.89. The maximum atomic E-state index is 15.0. The van der Waals surface area contributed by atoms with Gasteiger partial charge in [-0.25, -0.2) is 12.8 Å². The van der Waals surface area contributed by atoms with E-state index >= 15 is 0 Å². The van der Waals surface area contributed by atoms with Crippen LogP contribution in [0.2, 0.25) is 5.02 Å². The van der Waals surface area contributed by atoms with Gasteiger partial charge in [0, 0.05) is 31.4 Å². The quantitative estimate of drug-likeness (QED) is 0.595. The topological polar surface area (TPSA) is 59.4 Å². The van der Waals surface area contributed by atoms with Crippen LogP contribution in [0.5, 0.6) is 0 Å². The standard InChI is InChI=1S/C22H22ClFN2O3S/c1-14-5-4-8-26(12-14)20-11-19-17(10-18(20)24)22(27)21(13-25(19)2)30(28,29)16-7-3-6-15(23)9-16/h3,6-7,9-11,13-14H,4-5,8,12H2,1-2H3/t14-/m1/s1. The van der Waals surface area contributed by atoms with E-state index in [9.17, 15) is 17.6 Å². The predicted molar refractivity (Wildman–Crippen MR) is 117 cm³/mol. The van der Waals surface area contributed by atoms with Gasteiger partial charge in [0.25, 0.3) is 0 Å². The highest BCUT2D eigenvalue weighted by molar-refractivity contribution is 7.91. The van der Waals surface area contributed by atoms with Crippen LogP contribution in [0.25, 0.3) is 10.9 Å². The van der Waals surface area contributed by atoms with Crippen molar-refractivity contribution in [3.63, 3.8) is 0 Å². The molecule has 0 N–H and O–H groups in total. The van der Waals surface area contributed by atoms with Gasteiger partial charge in [0.2, 0.25) is 15.3 Å². The summed E-state index contributed by atoms with van der Waals surface area (Å²) in [4.78, 5) is 14.6. The van der Waals surface area contributed by atoms with Crippen molar-refractivity contribution in [2.24, 2.45) is 13.0 Å². The van der Waals surface area contributed by atoms with Gasteiger partial charge in [0.15, 0.2) is 0 Å². The number of nitrogens with zero attached hydrogens (tertiary/aromatic N) is 2. The van der Waals surface area contributed by atoms with Crippen LogP contribution in [0.1, 0.15) is 19.8 Å². The first-order chi connectivity index (χ1) is 14.2. The van der Waals surface area contributed by atoms with Crippen molar-refractivity contribution in [3.8, 4) is 0 Å². The summed E-state index contributed by atoms with van der Waals surface area (Å²) < 4.78 is 42.7. The predicted octanol–water partition coefficient (Wildman–Crippen LogP) is 4.40. The van der Waals surface area contributed by atoms with Gasteiger partial charge in [-0.05, 0) is 49.1 Å². The van der Waals surface area contributed by atoms with Gasteiger partial charge >= 0.3 is 0 Å². The summed E-state index contributed by atoms with van der Waals surface area (Å²) in [5.41, 5.74) is 0.203. The molecule has 2 aromatic carbocycles. The third-order valence-corrected chi connectivity index (χ3v) is 7.60. The smallest absolute Gasteiger partial charge is 0.211 e. The molecule has 0 spiro atoms. The van der Waals surface area contributed by atoms with E-state index in [0.717, 1.165) is 32.0 Å². The van der Waals surface area contributed by atoms with Crippen LogP contribution in [0.4, 0.5) is 10.1 Å². The molecule has 0 amide bonds. The monoisotopic (exact) mass is 448 g/mol. The summed E-state index contributed by atoms with van der Waals surface area (Å²) in [5.74, 6) is -0.0612. The zero-order valence-electron chi connectivity index (χ0n) is 16.7. The molecule has 8 heteroatoms. The van der Waals surface area contributed by atoms with Crippen LogP contribution >= 0.6 is 11.6 Å². The Hall–Kier alpha value is -2.38. The van der Waals surface area contributed by atoms with E-state index in [1.807, 2.05) is 4.90 Å². The van der Waals surface area contributed by atoms with Gasteiger partial charge < -0.3 is 9.47 Å². The molecule has 3 aromatic rings. The molecular weight excluding hydrogens is 427 g/mol. The third-order valence-electron chi connectivity index (χ3n) is 5.62. The number of piperidine rings is 1. The summed E-state index contributed by atoms with van der Waals surface area (Å²) in [6, 6.07) is 8.53. The Labute approximate surface area is 179 Å². The van der Waals surface area contributed by atoms with E-state index < -0.39 is 26.0 Å². The van der Waals surface area contributed by atoms with Crippen molar-refractivity contribution >= 4 is 38.0 Å². The van der Waals surface area contributed by atoms with Gasteiger partial charge in [0.05, 0.1) is 21.5 Å². The van der Waals surface area contributed by atoms with E-state index in [0.29, 0.717) is 17.1 Å². The minimum Gasteiger partial charge on any atom is -0.369 e. The summed E-state index contributed by atoms with van der Waals surface area (Å²) in [6.45, 7) is 3.63. The molecule has 0 radical (unpaired) electrons. The van der Waals surface area contributed by atoms with E-state index in [2.05, 4.69) is 6.92 Å². The molecule has 158 valence electrons. The largest absolute Gasteiger partial charge is 0.369 e. The number of aryl methyl sites for hydroxylation is 1. The Morgan fingerprint density at radius 3 is 2.67 bits per heavy atom. The maximum Gasteiger partial charge on any atom is 0.211 e. The molecule has 0 aliphatic carbocycles. The third kappa shape index (κ3) is 3.61. The lowest BCUT2D eigenvalue weighted by Gasteiger charge is -2.33. The van der Waals surface area contributed by atoms with Crippen LogP contribution in [-0.4, -0.2) is 26.1 Å². The lowest BCUT2D eigenvalue weighted by molar-refractivity contribution is 0.442. The van der Waals surface area contributed by atoms with Gasteiger partial charge in [-0.15, -0.1) is 0 Å². The molecule has 1 aromatic heterocycles. The molecule has 0 unspecified atom stereocenters. The highest BCUT2D eigenvalue weighted by Crippen LogP contribution is 2.30. The highest BCUT2D eigenvalue weighted by Gasteiger charge is 2.26. The maximum absolute atomic E-state index is 15.0. The number of anilines is 1. The summed E-state index contributed by atoms with van der Waals surface area (Å²) in [5, 5.41) is 0.284. The molecular formula is C22H22ClFN2O3S. The van der Waals surface area contributed by atoms with E-state index in [4.69, 9.17) is 11.6 Å². The van der Waals surface area contributed by atoms with Gasteiger partial charge in [0.1, 0.15) is 10.7 Å². The first-order valence-corrected chi connectivity index (χ1v) is 11.6. The number of fused-ring (bicyclic) bond motifs is 1. The van der Waals surface area contributed by atoms with Crippen molar-refractivity contribution in [3.05, 3.63) is 63.7 Å². The van der Waals surface area contributed by atoms with Crippen molar-refractivity contribution in [1.82, 2.24) is 4.57 Å². The fraction of sp³-hybridized carbons (Fsp3) is 0.318. The van der Waals surface area contributed by atoms with Crippen LogP contribution in [0.15, 0.2) is 57.2 Å². The number of aromatic nitrogens is 1. The molecule has 2 heterocycles. The van der Waals surface area contributed by atoms with E-state index in [-0.39, 0.29) is 15.3 Å². The molecule has 0 saturated carbocycles. The Kier molecular flexibility index (Phi) is 5.36. The average Bonchev–Trinajstić information content (AvgIpc) is 2.70. The lowest BCUT2D eigenvalue weighted by Crippen LogP contribution is -2.35. The van der Waals surface area contributed by atoms with Crippen LogP contribution in [0, 0.1) is 11.7 Å².